The molecule has 0 saturated heterocycles. The first-order chi connectivity index (χ1) is 6.99. The van der Waals surface area contributed by atoms with Gasteiger partial charge in [0.2, 0.25) is 5.91 Å². The molecule has 0 bridgehead atoms. The smallest absolute Gasteiger partial charge is 0.222 e. The number of nitrogens with zero attached hydrogens (tertiary/aromatic N) is 1. The van der Waals surface area contributed by atoms with E-state index in [-0.39, 0.29) is 5.91 Å². The molecule has 1 N–H and O–H groups in total. The van der Waals surface area contributed by atoms with Gasteiger partial charge in [0.05, 0.1) is 5.60 Å². The molecule has 90 valence electrons. The van der Waals surface area contributed by atoms with E-state index < -0.39 is 5.60 Å². The number of amides is 1. The fraction of sp³-hybridized carbons (Fsp3) is 0.917. The summed E-state index contributed by atoms with van der Waals surface area (Å²) in [6.45, 7) is 6.62. The molecule has 0 radical (unpaired) electrons. The third-order valence-electron chi connectivity index (χ3n) is 3.12. The molecule has 0 spiro atoms. The second-order valence-corrected chi connectivity index (χ2v) is 4.25. The van der Waals surface area contributed by atoms with Crippen LogP contribution in [0.1, 0.15) is 52.9 Å². The minimum atomic E-state index is -0.596. The van der Waals surface area contributed by atoms with Gasteiger partial charge in [0, 0.05) is 20.0 Å². The highest BCUT2D eigenvalue weighted by Crippen LogP contribution is 2.19. The van der Waals surface area contributed by atoms with Crippen LogP contribution in [-0.2, 0) is 4.79 Å². The maximum atomic E-state index is 11.5. The molecule has 3 heteroatoms. The number of aliphatic hydroxyl groups is 1. The Kier molecular flexibility index (Phi) is 6.57. The lowest BCUT2D eigenvalue weighted by atomic mass is 9.93. The van der Waals surface area contributed by atoms with Crippen molar-refractivity contribution in [2.24, 2.45) is 0 Å². The monoisotopic (exact) mass is 215 g/mol. The molecule has 15 heavy (non-hydrogen) atoms. The van der Waals surface area contributed by atoms with Crippen LogP contribution in [0, 0.1) is 0 Å². The molecule has 0 heterocycles. The summed E-state index contributed by atoms with van der Waals surface area (Å²) in [6, 6.07) is 0. The maximum Gasteiger partial charge on any atom is 0.222 e. The number of hydrogen-bond acceptors (Lipinski definition) is 2. The fourth-order valence-corrected chi connectivity index (χ4v) is 1.51. The second kappa shape index (κ2) is 6.83. The van der Waals surface area contributed by atoms with Crippen molar-refractivity contribution >= 4 is 5.91 Å². The predicted molar refractivity (Wildman–Crippen MR) is 62.7 cm³/mol. The molecule has 0 rings (SSSR count). The zero-order valence-corrected chi connectivity index (χ0v) is 10.5. The summed E-state index contributed by atoms with van der Waals surface area (Å²) in [5.41, 5.74) is -0.596. The van der Waals surface area contributed by atoms with Gasteiger partial charge in [-0.15, -0.1) is 0 Å². The summed E-state index contributed by atoms with van der Waals surface area (Å²) in [5.74, 6) is 0.173. The summed E-state index contributed by atoms with van der Waals surface area (Å²) in [5, 5.41) is 10.1. The summed E-state index contributed by atoms with van der Waals surface area (Å²) in [6.07, 6.45) is 3.66. The van der Waals surface area contributed by atoms with Crippen molar-refractivity contribution in [3.63, 3.8) is 0 Å². The molecule has 0 aromatic heterocycles. The summed E-state index contributed by atoms with van der Waals surface area (Å²) >= 11 is 0. The van der Waals surface area contributed by atoms with Crippen LogP contribution in [0.5, 0.6) is 0 Å². The van der Waals surface area contributed by atoms with Crippen molar-refractivity contribution in [1.29, 1.82) is 0 Å². The van der Waals surface area contributed by atoms with E-state index in [0.29, 0.717) is 19.4 Å². The molecule has 0 aliphatic heterocycles. The highest BCUT2D eigenvalue weighted by atomic mass is 16.3. The third kappa shape index (κ3) is 5.17. The van der Waals surface area contributed by atoms with Crippen LogP contribution in [0.25, 0.3) is 0 Å². The number of carbonyl (C=O) groups excluding carboxylic acids is 1. The average molecular weight is 215 g/mol. The zero-order valence-electron chi connectivity index (χ0n) is 10.5. The molecule has 0 fully saturated rings. The average Bonchev–Trinajstić information content (AvgIpc) is 2.25. The molecular formula is C12H25NO2. The van der Waals surface area contributed by atoms with E-state index in [1.54, 1.807) is 4.90 Å². The Hall–Kier alpha value is -0.570. The van der Waals surface area contributed by atoms with Gasteiger partial charge in [0.1, 0.15) is 0 Å². The number of carbonyl (C=O) groups is 1. The van der Waals surface area contributed by atoms with Crippen molar-refractivity contribution < 1.29 is 9.90 Å². The molecule has 0 aliphatic rings. The molecule has 0 atom stereocenters. The molecule has 0 saturated carbocycles. The van der Waals surface area contributed by atoms with E-state index in [1.807, 2.05) is 27.8 Å². The maximum absolute atomic E-state index is 11.5. The lowest BCUT2D eigenvalue weighted by Gasteiger charge is -2.28. The van der Waals surface area contributed by atoms with Gasteiger partial charge in [-0.05, 0) is 25.7 Å². The second-order valence-electron chi connectivity index (χ2n) is 4.25. The topological polar surface area (TPSA) is 40.5 Å². The lowest BCUT2D eigenvalue weighted by molar-refractivity contribution is -0.130. The SMILES string of the molecule is CCCC(=O)N(C)CCC(O)(CC)CC. The third-order valence-corrected chi connectivity index (χ3v) is 3.12. The van der Waals surface area contributed by atoms with Crippen molar-refractivity contribution in [3.8, 4) is 0 Å². The van der Waals surface area contributed by atoms with Gasteiger partial charge in [-0.3, -0.25) is 4.79 Å². The van der Waals surface area contributed by atoms with Crippen molar-refractivity contribution in [3.05, 3.63) is 0 Å². The predicted octanol–water partition coefficient (Wildman–Crippen LogP) is 2.19. The van der Waals surface area contributed by atoms with Gasteiger partial charge in [-0.2, -0.15) is 0 Å². The summed E-state index contributed by atoms with van der Waals surface area (Å²) < 4.78 is 0. The van der Waals surface area contributed by atoms with Gasteiger partial charge in [-0.25, -0.2) is 0 Å². The molecule has 1 amide bonds. The van der Waals surface area contributed by atoms with E-state index in [9.17, 15) is 9.90 Å². The van der Waals surface area contributed by atoms with Crippen LogP contribution in [0.3, 0.4) is 0 Å². The van der Waals surface area contributed by atoms with E-state index in [4.69, 9.17) is 0 Å². The van der Waals surface area contributed by atoms with Crippen molar-refractivity contribution in [2.75, 3.05) is 13.6 Å². The minimum absolute atomic E-state index is 0.173. The molecular weight excluding hydrogens is 190 g/mol. The van der Waals surface area contributed by atoms with Gasteiger partial charge >= 0.3 is 0 Å². The molecule has 0 aromatic carbocycles. The Morgan fingerprint density at radius 2 is 1.80 bits per heavy atom. The molecule has 0 aromatic rings. The first-order valence-electron chi connectivity index (χ1n) is 5.95. The van der Waals surface area contributed by atoms with Gasteiger partial charge in [0.25, 0.3) is 0 Å². The molecule has 0 unspecified atom stereocenters. The summed E-state index contributed by atoms with van der Waals surface area (Å²) in [4.78, 5) is 13.2. The molecule has 3 nitrogen and oxygen atoms in total. The normalized spacial score (nSPS) is 11.5. The Bertz CT molecular complexity index is 188. The lowest BCUT2D eigenvalue weighted by Crippen LogP contribution is -2.35. The Labute approximate surface area is 93.5 Å². The largest absolute Gasteiger partial charge is 0.390 e. The van der Waals surface area contributed by atoms with Gasteiger partial charge < -0.3 is 10.0 Å². The number of hydrogen-bond donors (Lipinski definition) is 1. The van der Waals surface area contributed by atoms with E-state index >= 15 is 0 Å². The van der Waals surface area contributed by atoms with Crippen LogP contribution < -0.4 is 0 Å². The highest BCUT2D eigenvalue weighted by molar-refractivity contribution is 5.75. The Morgan fingerprint density at radius 3 is 2.20 bits per heavy atom. The first-order valence-corrected chi connectivity index (χ1v) is 5.95. The van der Waals surface area contributed by atoms with E-state index in [2.05, 4.69) is 0 Å². The quantitative estimate of drug-likeness (QED) is 0.707. The minimum Gasteiger partial charge on any atom is -0.390 e. The Morgan fingerprint density at radius 1 is 1.27 bits per heavy atom. The fourth-order valence-electron chi connectivity index (χ4n) is 1.51. The highest BCUT2D eigenvalue weighted by Gasteiger charge is 2.22. The van der Waals surface area contributed by atoms with Crippen LogP contribution in [0.4, 0.5) is 0 Å². The van der Waals surface area contributed by atoms with E-state index in [0.717, 1.165) is 19.3 Å². The number of rotatable bonds is 7. The van der Waals surface area contributed by atoms with Crippen LogP contribution in [-0.4, -0.2) is 35.1 Å². The zero-order chi connectivity index (χ0) is 11.9. The van der Waals surface area contributed by atoms with Crippen LogP contribution in [0.15, 0.2) is 0 Å². The van der Waals surface area contributed by atoms with Crippen LogP contribution in [0.2, 0.25) is 0 Å². The van der Waals surface area contributed by atoms with Gasteiger partial charge in [0.15, 0.2) is 0 Å². The van der Waals surface area contributed by atoms with Crippen LogP contribution >= 0.6 is 0 Å². The molecule has 0 aliphatic carbocycles. The van der Waals surface area contributed by atoms with E-state index in [1.165, 1.54) is 0 Å². The van der Waals surface area contributed by atoms with Gasteiger partial charge in [-0.1, -0.05) is 20.8 Å². The summed E-state index contributed by atoms with van der Waals surface area (Å²) in [7, 11) is 1.81. The Balaban J connectivity index is 3.98. The van der Waals surface area contributed by atoms with Crippen molar-refractivity contribution in [1.82, 2.24) is 4.90 Å². The standard InChI is InChI=1S/C12H25NO2/c1-5-8-11(14)13(4)10-9-12(15,6-2)7-3/h15H,5-10H2,1-4H3. The first kappa shape index (κ1) is 14.4. The van der Waals surface area contributed by atoms with Crippen molar-refractivity contribution in [2.45, 2.75) is 58.5 Å².